The Morgan fingerprint density at radius 1 is 1.00 bits per heavy atom. The monoisotopic (exact) mass is 346 g/mol. The zero-order valence-corrected chi connectivity index (χ0v) is 14.2. The van der Waals surface area contributed by atoms with Crippen LogP contribution >= 0.6 is 0 Å². The highest BCUT2D eigenvalue weighted by molar-refractivity contribution is 5.87. The average molecular weight is 346 g/mol. The quantitative estimate of drug-likeness (QED) is 0.566. The van der Waals surface area contributed by atoms with E-state index in [1.54, 1.807) is 37.5 Å². The van der Waals surface area contributed by atoms with E-state index in [-0.39, 0.29) is 12.4 Å². The Hall–Kier alpha value is -3.02. The predicted molar refractivity (Wildman–Crippen MR) is 91.3 cm³/mol. The lowest BCUT2D eigenvalue weighted by Gasteiger charge is -2.07. The molecule has 132 valence electrons. The van der Waals surface area contributed by atoms with Gasteiger partial charge in [-0.05, 0) is 35.9 Å². The van der Waals surface area contributed by atoms with E-state index in [9.17, 15) is 9.18 Å². The van der Waals surface area contributed by atoms with Gasteiger partial charge in [-0.15, -0.1) is 0 Å². The number of carbonyl (C=O) groups excluding carboxylic acids is 1. The van der Waals surface area contributed by atoms with Crippen molar-refractivity contribution >= 4 is 12.0 Å². The van der Waals surface area contributed by atoms with Crippen LogP contribution in [-0.4, -0.2) is 27.3 Å². The lowest BCUT2D eigenvalue weighted by Crippen LogP contribution is -2.01. The second-order valence-corrected chi connectivity index (χ2v) is 5.02. The second-order valence-electron chi connectivity index (χ2n) is 5.02. The topological polar surface area (TPSA) is 54.0 Å². The number of benzene rings is 2. The first-order chi connectivity index (χ1) is 12.1. The number of methoxy groups -OCH3 is 3. The van der Waals surface area contributed by atoms with Crippen molar-refractivity contribution < 1.29 is 28.1 Å². The van der Waals surface area contributed by atoms with Crippen LogP contribution in [0.5, 0.6) is 17.2 Å². The van der Waals surface area contributed by atoms with Gasteiger partial charge in [0.15, 0.2) is 11.6 Å². The van der Waals surface area contributed by atoms with Gasteiger partial charge in [0.25, 0.3) is 0 Å². The van der Waals surface area contributed by atoms with Gasteiger partial charge >= 0.3 is 5.97 Å². The number of esters is 1. The van der Waals surface area contributed by atoms with Gasteiger partial charge in [0.2, 0.25) is 0 Å². The lowest BCUT2D eigenvalue weighted by molar-refractivity contribution is -0.138. The Kier molecular flexibility index (Phi) is 6.39. The van der Waals surface area contributed by atoms with Gasteiger partial charge in [0.05, 0.1) is 21.3 Å². The molecule has 0 amide bonds. The molecule has 0 radical (unpaired) electrons. The summed E-state index contributed by atoms with van der Waals surface area (Å²) < 4.78 is 33.9. The molecule has 0 saturated heterocycles. The van der Waals surface area contributed by atoms with Gasteiger partial charge in [-0.2, -0.15) is 0 Å². The summed E-state index contributed by atoms with van der Waals surface area (Å²) in [7, 11) is 4.47. The van der Waals surface area contributed by atoms with E-state index >= 15 is 0 Å². The van der Waals surface area contributed by atoms with E-state index in [1.165, 1.54) is 32.4 Å². The van der Waals surface area contributed by atoms with E-state index in [1.807, 2.05) is 0 Å². The van der Waals surface area contributed by atoms with Crippen LogP contribution in [0.3, 0.4) is 0 Å². The second kappa shape index (κ2) is 8.73. The first-order valence-corrected chi connectivity index (χ1v) is 7.46. The molecule has 0 aromatic heterocycles. The number of hydrogen-bond acceptors (Lipinski definition) is 5. The molecule has 0 spiro atoms. The molecule has 2 aromatic rings. The maximum Gasteiger partial charge on any atom is 0.331 e. The van der Waals surface area contributed by atoms with Crippen LogP contribution in [0, 0.1) is 5.82 Å². The van der Waals surface area contributed by atoms with Gasteiger partial charge in [0.1, 0.15) is 18.1 Å². The zero-order chi connectivity index (χ0) is 18.2. The van der Waals surface area contributed by atoms with Gasteiger partial charge in [-0.25, -0.2) is 9.18 Å². The molecule has 6 heteroatoms. The molecule has 0 heterocycles. The van der Waals surface area contributed by atoms with Crippen LogP contribution in [0.25, 0.3) is 6.08 Å². The fraction of sp³-hybridized carbons (Fsp3) is 0.211. The van der Waals surface area contributed by atoms with Crippen LogP contribution in [0.4, 0.5) is 4.39 Å². The molecule has 0 atom stereocenters. The Balaban J connectivity index is 1.98. The van der Waals surface area contributed by atoms with Crippen molar-refractivity contribution in [3.05, 3.63) is 59.4 Å². The van der Waals surface area contributed by atoms with E-state index in [2.05, 4.69) is 0 Å². The number of hydrogen-bond donors (Lipinski definition) is 0. The average Bonchev–Trinajstić information content (AvgIpc) is 2.64. The fourth-order valence-corrected chi connectivity index (χ4v) is 2.12. The highest BCUT2D eigenvalue weighted by atomic mass is 19.1. The number of carbonyl (C=O) groups is 1. The van der Waals surface area contributed by atoms with Gasteiger partial charge < -0.3 is 18.9 Å². The molecule has 0 saturated carbocycles. The third-order valence-electron chi connectivity index (χ3n) is 3.44. The highest BCUT2D eigenvalue weighted by Crippen LogP contribution is 2.25. The molecule has 0 fully saturated rings. The third-order valence-corrected chi connectivity index (χ3v) is 3.44. The molecule has 0 aliphatic rings. The number of ether oxygens (including phenoxy) is 4. The van der Waals surface area contributed by atoms with Crippen molar-refractivity contribution in [3.63, 3.8) is 0 Å². The van der Waals surface area contributed by atoms with Gasteiger partial charge in [-0.3, -0.25) is 0 Å². The van der Waals surface area contributed by atoms with Crippen molar-refractivity contribution in [2.45, 2.75) is 6.61 Å². The Bertz CT molecular complexity index is 770. The summed E-state index contributed by atoms with van der Waals surface area (Å²) in [5.41, 5.74) is 1.23. The van der Waals surface area contributed by atoms with Gasteiger partial charge in [0, 0.05) is 17.7 Å². The minimum atomic E-state index is -0.547. The first-order valence-electron chi connectivity index (χ1n) is 7.46. The lowest BCUT2D eigenvalue weighted by atomic mass is 10.1. The van der Waals surface area contributed by atoms with Gasteiger partial charge in [-0.1, -0.05) is 6.07 Å². The molecule has 0 aliphatic carbocycles. The van der Waals surface area contributed by atoms with Crippen LogP contribution < -0.4 is 14.2 Å². The minimum absolute atomic E-state index is 0.0379. The standard InChI is InChI=1S/C19H19FO5/c1-22-15-7-5-14(18(11-15)24-3)6-9-19(21)25-12-13-4-8-17(23-2)16(20)10-13/h4-11H,12H2,1-3H3/b9-6+. The van der Waals surface area contributed by atoms with Crippen molar-refractivity contribution in [2.75, 3.05) is 21.3 Å². The highest BCUT2D eigenvalue weighted by Gasteiger charge is 2.06. The molecule has 0 N–H and O–H groups in total. The van der Waals surface area contributed by atoms with Crippen LogP contribution in [0.1, 0.15) is 11.1 Å². The predicted octanol–water partition coefficient (Wildman–Crippen LogP) is 3.61. The van der Waals surface area contributed by atoms with E-state index in [4.69, 9.17) is 18.9 Å². The molecule has 0 bridgehead atoms. The summed E-state index contributed by atoms with van der Waals surface area (Å²) in [5.74, 6) is 0.309. The summed E-state index contributed by atoms with van der Waals surface area (Å²) in [5, 5.41) is 0. The van der Waals surface area contributed by atoms with Crippen LogP contribution in [-0.2, 0) is 16.1 Å². The number of rotatable bonds is 7. The zero-order valence-electron chi connectivity index (χ0n) is 14.2. The van der Waals surface area contributed by atoms with Crippen molar-refractivity contribution in [2.24, 2.45) is 0 Å². The first kappa shape index (κ1) is 18.3. The molecule has 0 unspecified atom stereocenters. The van der Waals surface area contributed by atoms with E-state index in [0.29, 0.717) is 22.6 Å². The largest absolute Gasteiger partial charge is 0.497 e. The number of halogens is 1. The van der Waals surface area contributed by atoms with Crippen LogP contribution in [0.2, 0.25) is 0 Å². The molecule has 2 rings (SSSR count). The molecule has 0 aliphatic heterocycles. The molecular weight excluding hydrogens is 327 g/mol. The van der Waals surface area contributed by atoms with Crippen molar-refractivity contribution in [1.29, 1.82) is 0 Å². The Morgan fingerprint density at radius 2 is 1.76 bits per heavy atom. The molecule has 25 heavy (non-hydrogen) atoms. The third kappa shape index (κ3) is 4.97. The molecular formula is C19H19FO5. The van der Waals surface area contributed by atoms with E-state index < -0.39 is 11.8 Å². The summed E-state index contributed by atoms with van der Waals surface area (Å²) in [6, 6.07) is 9.61. The molecule has 5 nitrogen and oxygen atoms in total. The Labute approximate surface area is 145 Å². The summed E-state index contributed by atoms with van der Waals surface area (Å²) >= 11 is 0. The normalized spacial score (nSPS) is 10.6. The van der Waals surface area contributed by atoms with E-state index in [0.717, 1.165) is 0 Å². The summed E-state index contributed by atoms with van der Waals surface area (Å²) in [6.45, 7) is -0.0379. The maximum atomic E-state index is 13.6. The minimum Gasteiger partial charge on any atom is -0.497 e. The maximum absolute atomic E-state index is 13.6. The summed E-state index contributed by atoms with van der Waals surface area (Å²) in [4.78, 5) is 11.8. The SMILES string of the molecule is COc1ccc(/C=C/C(=O)OCc2ccc(OC)c(F)c2)c(OC)c1. The van der Waals surface area contributed by atoms with Crippen LogP contribution in [0.15, 0.2) is 42.5 Å². The van der Waals surface area contributed by atoms with Crippen molar-refractivity contribution in [3.8, 4) is 17.2 Å². The summed E-state index contributed by atoms with van der Waals surface area (Å²) in [6.07, 6.45) is 2.86. The smallest absolute Gasteiger partial charge is 0.331 e. The fourth-order valence-electron chi connectivity index (χ4n) is 2.12. The Morgan fingerprint density at radius 3 is 2.40 bits per heavy atom. The molecule has 2 aromatic carbocycles. The van der Waals surface area contributed by atoms with Crippen molar-refractivity contribution in [1.82, 2.24) is 0 Å².